The van der Waals surface area contributed by atoms with Gasteiger partial charge in [-0.1, -0.05) is 11.6 Å². The van der Waals surface area contributed by atoms with Crippen LogP contribution in [0.5, 0.6) is 0 Å². The molecule has 3 atom stereocenters. The lowest BCUT2D eigenvalue weighted by Crippen LogP contribution is -2.53. The number of anilines is 1. The minimum Gasteiger partial charge on any atom is -0.466 e. The normalized spacial score (nSPS) is 32.1. The monoisotopic (exact) mass is 367 g/mol. The minimum absolute atomic E-state index is 0.0433. The average Bonchev–Trinajstić information content (AvgIpc) is 3.23. The molecule has 2 saturated heterocycles. The number of rotatable bonds is 2. The second kappa shape index (κ2) is 5.42. The Balaban J connectivity index is 1.80. The molecule has 27 heavy (non-hydrogen) atoms. The lowest BCUT2D eigenvalue weighted by atomic mass is 9.62. The van der Waals surface area contributed by atoms with Gasteiger partial charge < -0.3 is 10.1 Å². The highest BCUT2D eigenvalue weighted by Gasteiger charge is 2.62. The summed E-state index contributed by atoms with van der Waals surface area (Å²) in [4.78, 5) is 26.3. The van der Waals surface area contributed by atoms with E-state index >= 15 is 0 Å². The molecule has 3 aliphatic heterocycles. The molecule has 2 bridgehead atoms. The van der Waals surface area contributed by atoms with Crippen molar-refractivity contribution in [3.63, 3.8) is 0 Å². The van der Waals surface area contributed by atoms with Gasteiger partial charge in [-0.25, -0.2) is 4.79 Å². The van der Waals surface area contributed by atoms with E-state index in [-0.39, 0.29) is 34.0 Å². The number of hydrogen-bond donors (Lipinski definition) is 1. The molecule has 0 radical (unpaired) electrons. The fraction of sp³-hybridized carbons (Fsp3) is 0.450. The number of nitro groups is 1. The number of carbonyl (C=O) groups excluding carboxylic acids is 1. The van der Waals surface area contributed by atoms with Gasteiger partial charge in [0.25, 0.3) is 5.69 Å². The van der Waals surface area contributed by atoms with Crippen LogP contribution in [0.15, 0.2) is 41.1 Å². The number of ether oxygens (including phenoxy) is 1. The molecule has 0 saturated carbocycles. The fourth-order valence-electron chi connectivity index (χ4n) is 5.76. The zero-order chi connectivity index (χ0) is 18.9. The van der Waals surface area contributed by atoms with Crippen LogP contribution in [-0.2, 0) is 14.9 Å². The standard InChI is InChI=1S/C20H21N3O4/c1-3-11-10-22-7-6-20-14-8-12(23(25)26)4-5-15(14)21-18(20)17(19(24)27-2)13(11)9-16(20)22/h3-5,8,13,16,21H,6-7,9-10H2,1-2H3/b11-3-/t13?,16-,20+/m0/s1. The number of nitrogens with zero attached hydrogens (tertiary/aromatic N) is 2. The van der Waals surface area contributed by atoms with Crippen molar-refractivity contribution in [3.8, 4) is 0 Å². The summed E-state index contributed by atoms with van der Waals surface area (Å²) in [5.74, 6) is -0.260. The van der Waals surface area contributed by atoms with E-state index in [0.717, 1.165) is 42.9 Å². The first-order chi connectivity index (χ1) is 13.0. The number of benzene rings is 1. The summed E-state index contributed by atoms with van der Waals surface area (Å²) in [5, 5.41) is 14.8. The van der Waals surface area contributed by atoms with Crippen LogP contribution in [-0.4, -0.2) is 42.0 Å². The van der Waals surface area contributed by atoms with Crippen LogP contribution in [0.1, 0.15) is 25.3 Å². The minimum atomic E-state index is -0.388. The zero-order valence-electron chi connectivity index (χ0n) is 15.3. The number of nitro benzene ring substituents is 1. The lowest BCUT2D eigenvalue weighted by Gasteiger charge is -2.48. The van der Waals surface area contributed by atoms with E-state index in [9.17, 15) is 14.9 Å². The highest BCUT2D eigenvalue weighted by Crippen LogP contribution is 2.61. The maximum absolute atomic E-state index is 12.8. The van der Waals surface area contributed by atoms with Gasteiger partial charge in [0.05, 0.1) is 23.0 Å². The van der Waals surface area contributed by atoms with E-state index in [2.05, 4.69) is 16.3 Å². The first-order valence-corrected chi connectivity index (χ1v) is 9.29. The summed E-state index contributed by atoms with van der Waals surface area (Å²) in [6, 6.07) is 5.23. The molecule has 1 aromatic rings. The maximum atomic E-state index is 12.8. The zero-order valence-corrected chi connectivity index (χ0v) is 15.3. The molecule has 2 fully saturated rings. The van der Waals surface area contributed by atoms with Crippen molar-refractivity contribution in [2.45, 2.75) is 31.2 Å². The predicted molar refractivity (Wildman–Crippen MR) is 99.3 cm³/mol. The second-order valence-electron chi connectivity index (χ2n) is 7.75. The number of methoxy groups -OCH3 is 1. The summed E-state index contributed by atoms with van der Waals surface area (Å²) in [6.07, 6.45) is 3.80. The molecule has 1 unspecified atom stereocenters. The third kappa shape index (κ3) is 1.92. The van der Waals surface area contributed by atoms with Gasteiger partial charge in [-0.05, 0) is 31.4 Å². The van der Waals surface area contributed by atoms with E-state index in [1.54, 1.807) is 12.1 Å². The summed E-state index contributed by atoms with van der Waals surface area (Å²) in [7, 11) is 1.42. The van der Waals surface area contributed by atoms with Crippen molar-refractivity contribution in [2.75, 3.05) is 25.5 Å². The number of piperidine rings is 1. The van der Waals surface area contributed by atoms with Crippen LogP contribution in [0.4, 0.5) is 11.4 Å². The Morgan fingerprint density at radius 1 is 1.48 bits per heavy atom. The summed E-state index contributed by atoms with van der Waals surface area (Å²) in [6.45, 7) is 3.77. The number of non-ortho nitro benzene ring substituents is 1. The van der Waals surface area contributed by atoms with Crippen LogP contribution < -0.4 is 5.32 Å². The van der Waals surface area contributed by atoms with Gasteiger partial charge in [0.15, 0.2) is 0 Å². The Hall–Kier alpha value is -2.67. The van der Waals surface area contributed by atoms with Crippen molar-refractivity contribution in [2.24, 2.45) is 5.92 Å². The van der Waals surface area contributed by atoms with Crippen LogP contribution in [0.3, 0.4) is 0 Å². The van der Waals surface area contributed by atoms with Gasteiger partial charge >= 0.3 is 5.97 Å². The molecule has 140 valence electrons. The molecule has 1 N–H and O–H groups in total. The van der Waals surface area contributed by atoms with Crippen LogP contribution >= 0.6 is 0 Å². The molecule has 1 aromatic carbocycles. The molecule has 7 heteroatoms. The number of carbonyl (C=O) groups is 1. The SMILES string of the molecule is C/C=C1/CN2CC[C@]34C(=C(C(=O)OC)C1C[C@H]23)Nc1ccc([N+](=O)[O-])cc14. The van der Waals surface area contributed by atoms with Crippen molar-refractivity contribution in [1.29, 1.82) is 0 Å². The molecule has 4 aliphatic rings. The third-order valence-corrected chi connectivity index (χ3v) is 6.89. The van der Waals surface area contributed by atoms with Gasteiger partial charge in [-0.3, -0.25) is 15.0 Å². The summed E-state index contributed by atoms with van der Waals surface area (Å²) >= 11 is 0. The molecule has 7 nitrogen and oxygen atoms in total. The Morgan fingerprint density at radius 2 is 2.30 bits per heavy atom. The van der Waals surface area contributed by atoms with Crippen LogP contribution in [0.25, 0.3) is 0 Å². The second-order valence-corrected chi connectivity index (χ2v) is 7.75. The van der Waals surface area contributed by atoms with E-state index < -0.39 is 0 Å². The van der Waals surface area contributed by atoms with Gasteiger partial charge in [0, 0.05) is 48.6 Å². The van der Waals surface area contributed by atoms with E-state index in [1.807, 2.05) is 6.92 Å². The van der Waals surface area contributed by atoms with Crippen molar-refractivity contribution < 1.29 is 14.5 Å². The number of esters is 1. The summed E-state index contributed by atoms with van der Waals surface area (Å²) < 4.78 is 5.16. The predicted octanol–water partition coefficient (Wildman–Crippen LogP) is 2.74. The van der Waals surface area contributed by atoms with Crippen molar-refractivity contribution >= 4 is 17.3 Å². The first kappa shape index (κ1) is 16.5. The summed E-state index contributed by atoms with van der Waals surface area (Å²) in [5.41, 5.74) is 4.36. The van der Waals surface area contributed by atoms with Gasteiger partial charge in [0.1, 0.15) is 0 Å². The fourth-order valence-corrected chi connectivity index (χ4v) is 5.76. The van der Waals surface area contributed by atoms with Crippen LogP contribution in [0.2, 0.25) is 0 Å². The van der Waals surface area contributed by atoms with E-state index in [1.165, 1.54) is 18.7 Å². The van der Waals surface area contributed by atoms with Crippen molar-refractivity contribution in [1.82, 2.24) is 4.90 Å². The first-order valence-electron chi connectivity index (χ1n) is 9.29. The number of fused-ring (bicyclic) bond motifs is 2. The molecule has 0 amide bonds. The molecular weight excluding hydrogens is 346 g/mol. The molecular formula is C20H21N3O4. The van der Waals surface area contributed by atoms with Gasteiger partial charge in [0.2, 0.25) is 0 Å². The molecule has 0 aromatic heterocycles. The quantitative estimate of drug-likeness (QED) is 0.374. The Labute approximate surface area is 156 Å². The largest absolute Gasteiger partial charge is 0.466 e. The molecule has 1 aliphatic carbocycles. The van der Waals surface area contributed by atoms with Crippen LogP contribution in [0, 0.1) is 16.0 Å². The average molecular weight is 367 g/mol. The Kier molecular flexibility index (Phi) is 3.31. The Morgan fingerprint density at radius 3 is 3.00 bits per heavy atom. The lowest BCUT2D eigenvalue weighted by molar-refractivity contribution is -0.384. The van der Waals surface area contributed by atoms with Gasteiger partial charge in [-0.2, -0.15) is 0 Å². The third-order valence-electron chi connectivity index (χ3n) is 6.89. The molecule has 1 spiro atoms. The molecule has 3 heterocycles. The van der Waals surface area contributed by atoms with Gasteiger partial charge in [-0.15, -0.1) is 0 Å². The smallest absolute Gasteiger partial charge is 0.336 e. The molecule has 5 rings (SSSR count). The number of nitrogens with one attached hydrogen (secondary N) is 1. The highest BCUT2D eigenvalue weighted by molar-refractivity contribution is 5.94. The Bertz CT molecular complexity index is 951. The highest BCUT2D eigenvalue weighted by atomic mass is 16.6. The number of hydrogen-bond acceptors (Lipinski definition) is 6. The van der Waals surface area contributed by atoms with Crippen molar-refractivity contribution in [3.05, 3.63) is 56.8 Å². The number of allylic oxidation sites excluding steroid dienone is 1. The van der Waals surface area contributed by atoms with E-state index in [4.69, 9.17) is 4.74 Å². The topological polar surface area (TPSA) is 84.7 Å². The maximum Gasteiger partial charge on any atom is 0.336 e. The van der Waals surface area contributed by atoms with E-state index in [0.29, 0.717) is 5.57 Å².